The van der Waals surface area contributed by atoms with Gasteiger partial charge in [0, 0.05) is 5.33 Å². The molecule has 1 aromatic carbocycles. The van der Waals surface area contributed by atoms with Crippen molar-refractivity contribution < 1.29 is 4.74 Å². The molecule has 78 valence electrons. The predicted octanol–water partition coefficient (Wildman–Crippen LogP) is 3.66. The number of ether oxygens (including phenoxy) is 1. The van der Waals surface area contributed by atoms with Crippen molar-refractivity contribution in [3.8, 4) is 5.75 Å². The zero-order valence-electron chi connectivity index (χ0n) is 9.01. The topological polar surface area (TPSA) is 9.23 Å². The molecule has 0 spiro atoms. The standard InChI is InChI=1S/C12H17BrO/c1-12(2,9-13)8-10-5-4-6-11(7-10)14-3/h4-7H,8-9H2,1-3H3. The van der Waals surface area contributed by atoms with E-state index in [1.807, 2.05) is 12.1 Å². The summed E-state index contributed by atoms with van der Waals surface area (Å²) < 4.78 is 5.19. The molecule has 0 aliphatic carbocycles. The Balaban J connectivity index is 2.76. The molecular weight excluding hydrogens is 240 g/mol. The van der Waals surface area contributed by atoms with E-state index in [2.05, 4.69) is 41.9 Å². The van der Waals surface area contributed by atoms with Crippen LogP contribution in [0.2, 0.25) is 0 Å². The Morgan fingerprint density at radius 2 is 2.07 bits per heavy atom. The normalized spacial score (nSPS) is 11.4. The van der Waals surface area contributed by atoms with Crippen LogP contribution < -0.4 is 4.74 Å². The third kappa shape index (κ3) is 3.33. The lowest BCUT2D eigenvalue weighted by atomic mass is 9.88. The maximum absolute atomic E-state index is 5.19. The first-order chi connectivity index (χ1) is 6.57. The van der Waals surface area contributed by atoms with E-state index in [-0.39, 0.29) is 0 Å². The molecule has 1 nitrogen and oxygen atoms in total. The van der Waals surface area contributed by atoms with Crippen LogP contribution in [-0.4, -0.2) is 12.4 Å². The van der Waals surface area contributed by atoms with Crippen molar-refractivity contribution >= 4 is 15.9 Å². The number of benzene rings is 1. The molecule has 0 saturated carbocycles. The minimum atomic E-state index is 0.298. The molecule has 2 heteroatoms. The Labute approximate surface area is 94.6 Å². The molecule has 0 bridgehead atoms. The van der Waals surface area contributed by atoms with Crippen LogP contribution in [0.3, 0.4) is 0 Å². The summed E-state index contributed by atoms with van der Waals surface area (Å²) in [6.07, 6.45) is 1.06. The van der Waals surface area contributed by atoms with Gasteiger partial charge in [-0.15, -0.1) is 0 Å². The van der Waals surface area contributed by atoms with Gasteiger partial charge in [-0.25, -0.2) is 0 Å². The molecule has 0 atom stereocenters. The lowest BCUT2D eigenvalue weighted by Crippen LogP contribution is -2.16. The number of halogens is 1. The van der Waals surface area contributed by atoms with Gasteiger partial charge in [-0.05, 0) is 29.5 Å². The van der Waals surface area contributed by atoms with Crippen LogP contribution in [0, 0.1) is 5.41 Å². The highest BCUT2D eigenvalue weighted by Gasteiger charge is 2.16. The first-order valence-corrected chi connectivity index (χ1v) is 5.88. The molecular formula is C12H17BrO. The van der Waals surface area contributed by atoms with Crippen molar-refractivity contribution in [1.82, 2.24) is 0 Å². The van der Waals surface area contributed by atoms with Gasteiger partial charge in [0.25, 0.3) is 0 Å². The molecule has 0 N–H and O–H groups in total. The molecule has 0 aromatic heterocycles. The summed E-state index contributed by atoms with van der Waals surface area (Å²) >= 11 is 3.53. The fourth-order valence-corrected chi connectivity index (χ4v) is 1.58. The summed E-state index contributed by atoms with van der Waals surface area (Å²) in [7, 11) is 1.70. The average Bonchev–Trinajstić information content (AvgIpc) is 2.17. The maximum atomic E-state index is 5.19. The molecule has 1 rings (SSSR count). The highest BCUT2D eigenvalue weighted by atomic mass is 79.9. The van der Waals surface area contributed by atoms with E-state index in [1.54, 1.807) is 7.11 Å². The SMILES string of the molecule is COc1cccc(CC(C)(C)CBr)c1. The largest absolute Gasteiger partial charge is 0.497 e. The van der Waals surface area contributed by atoms with Gasteiger partial charge in [0.2, 0.25) is 0 Å². The fraction of sp³-hybridized carbons (Fsp3) is 0.500. The number of hydrogen-bond donors (Lipinski definition) is 0. The average molecular weight is 257 g/mol. The number of hydrogen-bond acceptors (Lipinski definition) is 1. The van der Waals surface area contributed by atoms with Crippen LogP contribution in [0.25, 0.3) is 0 Å². The summed E-state index contributed by atoms with van der Waals surface area (Å²) in [4.78, 5) is 0. The minimum Gasteiger partial charge on any atom is -0.497 e. The number of methoxy groups -OCH3 is 1. The second kappa shape index (κ2) is 4.83. The predicted molar refractivity (Wildman–Crippen MR) is 64.3 cm³/mol. The Hall–Kier alpha value is -0.500. The second-order valence-electron chi connectivity index (χ2n) is 4.33. The number of rotatable bonds is 4. The molecule has 1 aromatic rings. The van der Waals surface area contributed by atoms with Gasteiger partial charge in [-0.2, -0.15) is 0 Å². The van der Waals surface area contributed by atoms with Gasteiger partial charge in [-0.3, -0.25) is 0 Å². The molecule has 0 heterocycles. The van der Waals surface area contributed by atoms with Crippen molar-refractivity contribution in [1.29, 1.82) is 0 Å². The summed E-state index contributed by atoms with van der Waals surface area (Å²) in [6, 6.07) is 8.26. The van der Waals surface area contributed by atoms with Crippen molar-refractivity contribution in [2.45, 2.75) is 20.3 Å². The van der Waals surface area contributed by atoms with Gasteiger partial charge in [-0.1, -0.05) is 41.9 Å². The maximum Gasteiger partial charge on any atom is 0.119 e. The van der Waals surface area contributed by atoms with Gasteiger partial charge in [0.05, 0.1) is 7.11 Å². The van der Waals surface area contributed by atoms with Crippen molar-refractivity contribution in [3.63, 3.8) is 0 Å². The summed E-state index contributed by atoms with van der Waals surface area (Å²) in [5, 5.41) is 1.01. The number of alkyl halides is 1. The van der Waals surface area contributed by atoms with Gasteiger partial charge in [0.15, 0.2) is 0 Å². The summed E-state index contributed by atoms with van der Waals surface area (Å²) in [5.41, 5.74) is 1.63. The first-order valence-electron chi connectivity index (χ1n) is 4.76. The van der Waals surface area contributed by atoms with Crippen LogP contribution in [-0.2, 0) is 6.42 Å². The third-order valence-corrected chi connectivity index (χ3v) is 3.70. The van der Waals surface area contributed by atoms with Gasteiger partial charge in [0.1, 0.15) is 5.75 Å². The molecule has 0 unspecified atom stereocenters. The van der Waals surface area contributed by atoms with E-state index in [0.717, 1.165) is 17.5 Å². The lowest BCUT2D eigenvalue weighted by Gasteiger charge is -2.21. The Morgan fingerprint density at radius 3 is 2.64 bits per heavy atom. The highest BCUT2D eigenvalue weighted by molar-refractivity contribution is 9.09. The molecule has 0 aliphatic rings. The molecule has 0 amide bonds. The second-order valence-corrected chi connectivity index (χ2v) is 4.89. The zero-order chi connectivity index (χ0) is 10.6. The fourth-order valence-electron chi connectivity index (χ4n) is 1.38. The van der Waals surface area contributed by atoms with Gasteiger partial charge >= 0.3 is 0 Å². The van der Waals surface area contributed by atoms with Gasteiger partial charge < -0.3 is 4.74 Å². The molecule has 0 fully saturated rings. The Kier molecular flexibility index (Phi) is 3.99. The molecule has 0 saturated heterocycles. The highest BCUT2D eigenvalue weighted by Crippen LogP contribution is 2.25. The van der Waals surface area contributed by atoms with Crippen LogP contribution in [0.15, 0.2) is 24.3 Å². The van der Waals surface area contributed by atoms with Crippen molar-refractivity contribution in [2.75, 3.05) is 12.4 Å². The summed E-state index contributed by atoms with van der Waals surface area (Å²) in [5.74, 6) is 0.938. The van der Waals surface area contributed by atoms with Crippen LogP contribution in [0.4, 0.5) is 0 Å². The van der Waals surface area contributed by atoms with E-state index < -0.39 is 0 Å². The minimum absolute atomic E-state index is 0.298. The van der Waals surface area contributed by atoms with E-state index in [1.165, 1.54) is 5.56 Å². The van der Waals surface area contributed by atoms with Crippen molar-refractivity contribution in [2.24, 2.45) is 5.41 Å². The molecule has 0 radical (unpaired) electrons. The Morgan fingerprint density at radius 1 is 1.36 bits per heavy atom. The van der Waals surface area contributed by atoms with Crippen LogP contribution in [0.1, 0.15) is 19.4 Å². The molecule has 14 heavy (non-hydrogen) atoms. The van der Waals surface area contributed by atoms with E-state index >= 15 is 0 Å². The summed E-state index contributed by atoms with van der Waals surface area (Å²) in [6.45, 7) is 4.50. The van der Waals surface area contributed by atoms with Crippen LogP contribution in [0.5, 0.6) is 5.75 Å². The third-order valence-electron chi connectivity index (χ3n) is 2.18. The van der Waals surface area contributed by atoms with Crippen molar-refractivity contribution in [3.05, 3.63) is 29.8 Å². The molecule has 0 aliphatic heterocycles. The van der Waals surface area contributed by atoms with E-state index in [0.29, 0.717) is 5.41 Å². The van der Waals surface area contributed by atoms with E-state index in [4.69, 9.17) is 4.74 Å². The Bertz CT molecular complexity index is 294. The quantitative estimate of drug-likeness (QED) is 0.748. The van der Waals surface area contributed by atoms with Crippen LogP contribution >= 0.6 is 15.9 Å². The first kappa shape index (κ1) is 11.6. The monoisotopic (exact) mass is 256 g/mol. The lowest BCUT2D eigenvalue weighted by molar-refractivity contribution is 0.407. The zero-order valence-corrected chi connectivity index (χ0v) is 10.6. The van der Waals surface area contributed by atoms with E-state index in [9.17, 15) is 0 Å². The smallest absolute Gasteiger partial charge is 0.119 e.